The highest BCUT2D eigenvalue weighted by Gasteiger charge is 2.40. The second-order valence-electron chi connectivity index (χ2n) is 6.45. The van der Waals surface area contributed by atoms with E-state index in [1.807, 2.05) is 12.1 Å². The lowest BCUT2D eigenvalue weighted by atomic mass is 9.86. The number of fused-ring (bicyclic) bond motifs is 2. The number of amides is 2. The fraction of sp³-hybridized carbons (Fsp3) is 0.529. The minimum atomic E-state index is -0.0944. The van der Waals surface area contributed by atoms with E-state index in [0.717, 1.165) is 23.2 Å². The van der Waals surface area contributed by atoms with Gasteiger partial charge in [0.2, 0.25) is 11.8 Å². The van der Waals surface area contributed by atoms with Crippen LogP contribution in [0.5, 0.6) is 0 Å². The minimum absolute atomic E-state index is 0.0944. The van der Waals surface area contributed by atoms with Crippen LogP contribution in [0.1, 0.15) is 39.0 Å². The second kappa shape index (κ2) is 5.88. The number of anilines is 2. The molecule has 2 bridgehead atoms. The van der Waals surface area contributed by atoms with Crippen LogP contribution in [0.25, 0.3) is 0 Å². The Morgan fingerprint density at radius 3 is 2.24 bits per heavy atom. The first kappa shape index (κ1) is 14.1. The Labute approximate surface area is 125 Å². The van der Waals surface area contributed by atoms with Crippen molar-refractivity contribution in [2.24, 2.45) is 17.8 Å². The van der Waals surface area contributed by atoms with Crippen LogP contribution in [0.15, 0.2) is 24.3 Å². The molecule has 0 aromatic heterocycles. The molecule has 3 atom stereocenters. The van der Waals surface area contributed by atoms with Crippen molar-refractivity contribution >= 4 is 23.2 Å². The Morgan fingerprint density at radius 2 is 1.71 bits per heavy atom. The Balaban J connectivity index is 1.51. The lowest BCUT2D eigenvalue weighted by Crippen LogP contribution is -2.20. The fourth-order valence-corrected chi connectivity index (χ4v) is 3.92. The van der Waals surface area contributed by atoms with Crippen molar-refractivity contribution in [1.82, 2.24) is 0 Å². The van der Waals surface area contributed by atoms with Gasteiger partial charge in [0.1, 0.15) is 0 Å². The van der Waals surface area contributed by atoms with E-state index in [1.54, 1.807) is 12.1 Å². The van der Waals surface area contributed by atoms with Crippen LogP contribution in [0.3, 0.4) is 0 Å². The monoisotopic (exact) mass is 286 g/mol. The average molecular weight is 286 g/mol. The molecule has 0 radical (unpaired) electrons. The maximum absolute atomic E-state index is 12.1. The molecule has 0 unspecified atom stereocenters. The van der Waals surface area contributed by atoms with Crippen LogP contribution >= 0.6 is 0 Å². The fourth-order valence-electron chi connectivity index (χ4n) is 3.92. The van der Waals surface area contributed by atoms with E-state index in [0.29, 0.717) is 12.3 Å². The van der Waals surface area contributed by atoms with Crippen LogP contribution in [0.4, 0.5) is 11.4 Å². The number of carbonyl (C=O) groups is 2. The Morgan fingerprint density at radius 1 is 1.05 bits per heavy atom. The maximum atomic E-state index is 12.1. The summed E-state index contributed by atoms with van der Waals surface area (Å²) in [4.78, 5) is 23.1. The number of hydrogen-bond acceptors (Lipinski definition) is 2. The first-order valence-corrected chi connectivity index (χ1v) is 7.77. The van der Waals surface area contributed by atoms with Crippen LogP contribution in [-0.2, 0) is 9.59 Å². The van der Waals surface area contributed by atoms with Crippen LogP contribution < -0.4 is 10.6 Å². The number of benzene rings is 1. The average Bonchev–Trinajstić information content (AvgIpc) is 3.02. The smallest absolute Gasteiger partial charge is 0.224 e. The molecule has 3 rings (SSSR count). The van der Waals surface area contributed by atoms with Crippen molar-refractivity contribution in [3.8, 4) is 0 Å². The van der Waals surface area contributed by atoms with Crippen molar-refractivity contribution in [2.75, 3.05) is 10.6 Å². The first-order valence-electron chi connectivity index (χ1n) is 7.77. The summed E-state index contributed by atoms with van der Waals surface area (Å²) in [6.07, 6.45) is 5.90. The molecule has 1 aromatic rings. The van der Waals surface area contributed by atoms with Gasteiger partial charge < -0.3 is 10.6 Å². The van der Waals surface area contributed by atoms with Gasteiger partial charge in [0.25, 0.3) is 0 Å². The van der Waals surface area contributed by atoms with Crippen LogP contribution in [0.2, 0.25) is 0 Å². The zero-order valence-corrected chi connectivity index (χ0v) is 12.4. The zero-order valence-electron chi connectivity index (χ0n) is 12.4. The molecule has 1 aromatic carbocycles. The van der Waals surface area contributed by atoms with Crippen molar-refractivity contribution in [1.29, 1.82) is 0 Å². The number of hydrogen-bond donors (Lipinski definition) is 2. The van der Waals surface area contributed by atoms with Crippen molar-refractivity contribution in [3.05, 3.63) is 24.3 Å². The van der Waals surface area contributed by atoms with E-state index in [4.69, 9.17) is 0 Å². The standard InChI is InChI=1S/C17H22N2O2/c1-11(20)18-15-4-6-16(7-5-15)19-17(21)10-14-9-12-2-3-13(14)8-12/h4-7,12-14H,2-3,8-10H2,1H3,(H,18,20)(H,19,21)/t12-,13+,14+/m0/s1. The molecule has 21 heavy (non-hydrogen) atoms. The molecular formula is C17H22N2O2. The molecule has 0 heterocycles. The second-order valence-corrected chi connectivity index (χ2v) is 6.45. The van der Waals surface area contributed by atoms with Gasteiger partial charge >= 0.3 is 0 Å². The SMILES string of the molecule is CC(=O)Nc1ccc(NC(=O)C[C@H]2C[C@H]3CC[C@@H]2C3)cc1. The quantitative estimate of drug-likeness (QED) is 0.891. The highest BCUT2D eigenvalue weighted by molar-refractivity contribution is 5.92. The molecule has 2 amide bonds. The number of nitrogens with one attached hydrogen (secondary N) is 2. The van der Waals surface area contributed by atoms with E-state index < -0.39 is 0 Å². The predicted octanol–water partition coefficient (Wildman–Crippen LogP) is 3.41. The van der Waals surface area contributed by atoms with E-state index in [1.165, 1.54) is 32.6 Å². The Hall–Kier alpha value is -1.84. The molecule has 0 spiro atoms. The largest absolute Gasteiger partial charge is 0.326 e. The van der Waals surface area contributed by atoms with E-state index in [-0.39, 0.29) is 11.8 Å². The summed E-state index contributed by atoms with van der Waals surface area (Å²) in [6.45, 7) is 1.48. The first-order chi connectivity index (χ1) is 10.1. The summed E-state index contributed by atoms with van der Waals surface area (Å²) >= 11 is 0. The Kier molecular flexibility index (Phi) is 3.95. The zero-order chi connectivity index (χ0) is 14.8. The lowest BCUT2D eigenvalue weighted by Gasteiger charge is -2.20. The third-order valence-corrected chi connectivity index (χ3v) is 4.82. The van der Waals surface area contributed by atoms with Gasteiger partial charge in [0.05, 0.1) is 0 Å². The summed E-state index contributed by atoms with van der Waals surface area (Å²) < 4.78 is 0. The number of carbonyl (C=O) groups excluding carboxylic acids is 2. The van der Waals surface area contributed by atoms with Crippen molar-refractivity contribution < 1.29 is 9.59 Å². The molecule has 2 aliphatic carbocycles. The van der Waals surface area contributed by atoms with Gasteiger partial charge in [-0.2, -0.15) is 0 Å². The van der Waals surface area contributed by atoms with Crippen molar-refractivity contribution in [3.63, 3.8) is 0 Å². The summed E-state index contributed by atoms with van der Waals surface area (Å²) in [5.41, 5.74) is 1.53. The van der Waals surface area contributed by atoms with Gasteiger partial charge in [-0.3, -0.25) is 9.59 Å². The molecule has 112 valence electrons. The lowest BCUT2D eigenvalue weighted by molar-refractivity contribution is -0.117. The summed E-state index contributed by atoms with van der Waals surface area (Å²) in [5.74, 6) is 2.26. The van der Waals surface area contributed by atoms with Gasteiger partial charge in [-0.25, -0.2) is 0 Å². The molecule has 2 aliphatic rings. The molecular weight excluding hydrogens is 264 g/mol. The summed E-state index contributed by atoms with van der Waals surface area (Å²) in [7, 11) is 0. The third-order valence-electron chi connectivity index (χ3n) is 4.82. The molecule has 4 heteroatoms. The summed E-state index contributed by atoms with van der Waals surface area (Å²) in [5, 5.41) is 5.67. The topological polar surface area (TPSA) is 58.2 Å². The molecule has 0 aliphatic heterocycles. The molecule has 4 nitrogen and oxygen atoms in total. The molecule has 0 saturated heterocycles. The third kappa shape index (κ3) is 3.43. The van der Waals surface area contributed by atoms with Crippen LogP contribution in [-0.4, -0.2) is 11.8 Å². The molecule has 2 N–H and O–H groups in total. The Bertz CT molecular complexity index is 538. The normalized spacial score (nSPS) is 26.6. The van der Waals surface area contributed by atoms with E-state index in [2.05, 4.69) is 10.6 Å². The van der Waals surface area contributed by atoms with Gasteiger partial charge in [-0.15, -0.1) is 0 Å². The van der Waals surface area contributed by atoms with Crippen molar-refractivity contribution in [2.45, 2.75) is 39.0 Å². The summed E-state index contributed by atoms with van der Waals surface area (Å²) in [6, 6.07) is 7.25. The van der Waals surface area contributed by atoms with E-state index in [9.17, 15) is 9.59 Å². The van der Waals surface area contributed by atoms with E-state index >= 15 is 0 Å². The highest BCUT2D eigenvalue weighted by Crippen LogP contribution is 2.49. The van der Waals surface area contributed by atoms with Gasteiger partial charge in [0, 0.05) is 24.7 Å². The molecule has 2 fully saturated rings. The van der Waals surface area contributed by atoms with Gasteiger partial charge in [-0.05, 0) is 61.3 Å². The maximum Gasteiger partial charge on any atom is 0.224 e. The predicted molar refractivity (Wildman–Crippen MR) is 82.9 cm³/mol. The highest BCUT2D eigenvalue weighted by atomic mass is 16.2. The van der Waals surface area contributed by atoms with Crippen LogP contribution in [0, 0.1) is 17.8 Å². The van der Waals surface area contributed by atoms with Gasteiger partial charge in [-0.1, -0.05) is 6.42 Å². The minimum Gasteiger partial charge on any atom is -0.326 e. The molecule has 2 saturated carbocycles. The van der Waals surface area contributed by atoms with Gasteiger partial charge in [0.15, 0.2) is 0 Å². The number of rotatable bonds is 4.